The van der Waals surface area contributed by atoms with Crippen molar-refractivity contribution in [3.63, 3.8) is 0 Å². The molecule has 5 heteroatoms. The van der Waals surface area contributed by atoms with Gasteiger partial charge in [0, 0.05) is 17.6 Å². The maximum atomic E-state index is 5.71. The molecule has 0 bridgehead atoms. The van der Waals surface area contributed by atoms with Crippen molar-refractivity contribution in [2.45, 2.75) is 0 Å². The highest BCUT2D eigenvalue weighted by Crippen LogP contribution is 2.20. The maximum absolute atomic E-state index is 5.71. The van der Waals surface area contributed by atoms with Crippen LogP contribution in [0.3, 0.4) is 0 Å². The molecule has 1 heterocycles. The van der Waals surface area contributed by atoms with Crippen LogP contribution in [0, 0.1) is 0 Å². The first-order chi connectivity index (χ1) is 14.9. The third-order valence-electron chi connectivity index (χ3n) is 4.55. The summed E-state index contributed by atoms with van der Waals surface area (Å²) in [6.07, 6.45) is 0. The van der Waals surface area contributed by atoms with E-state index in [0.29, 0.717) is 19.8 Å². The van der Waals surface area contributed by atoms with Gasteiger partial charge in [-0.15, -0.1) is 0 Å². The SMILES string of the molecule is c1ccc(OCCNc2ccc3nc(NCCOc4ccccc4)ccc3c2)cc1. The van der Waals surface area contributed by atoms with Gasteiger partial charge in [-0.25, -0.2) is 4.98 Å². The molecule has 0 aliphatic carbocycles. The van der Waals surface area contributed by atoms with Gasteiger partial charge in [-0.1, -0.05) is 36.4 Å². The molecule has 1 aromatic heterocycles. The van der Waals surface area contributed by atoms with Crippen LogP contribution in [0.1, 0.15) is 0 Å². The van der Waals surface area contributed by atoms with Gasteiger partial charge in [0.05, 0.1) is 12.1 Å². The van der Waals surface area contributed by atoms with Crippen molar-refractivity contribution >= 4 is 22.4 Å². The van der Waals surface area contributed by atoms with Gasteiger partial charge in [-0.2, -0.15) is 0 Å². The lowest BCUT2D eigenvalue weighted by Gasteiger charge is -2.11. The fourth-order valence-electron chi connectivity index (χ4n) is 3.08. The Labute approximate surface area is 176 Å². The van der Waals surface area contributed by atoms with E-state index in [2.05, 4.69) is 27.8 Å². The standard InChI is InChI=1S/C25H25N3O2/c1-3-7-22(8-4-1)29-17-15-26-21-12-13-24-20(19-21)11-14-25(28-24)27-16-18-30-23-9-5-2-6-10-23/h1-14,19,26H,15-18H2,(H,27,28). The molecule has 4 aromatic rings. The first-order valence-corrected chi connectivity index (χ1v) is 10.1. The van der Waals surface area contributed by atoms with Crippen LogP contribution in [0.5, 0.6) is 11.5 Å². The number of nitrogens with one attached hydrogen (secondary N) is 2. The largest absolute Gasteiger partial charge is 0.492 e. The van der Waals surface area contributed by atoms with E-state index in [9.17, 15) is 0 Å². The summed E-state index contributed by atoms with van der Waals surface area (Å²) < 4.78 is 11.4. The summed E-state index contributed by atoms with van der Waals surface area (Å²) in [6.45, 7) is 2.61. The fraction of sp³-hybridized carbons (Fsp3) is 0.160. The Morgan fingerprint density at radius 1 is 0.633 bits per heavy atom. The van der Waals surface area contributed by atoms with Crippen LogP contribution in [0.4, 0.5) is 11.5 Å². The second-order valence-electron chi connectivity index (χ2n) is 6.78. The summed E-state index contributed by atoms with van der Waals surface area (Å²) in [5, 5.41) is 7.80. The second kappa shape index (κ2) is 10.2. The minimum Gasteiger partial charge on any atom is -0.492 e. The van der Waals surface area contributed by atoms with Gasteiger partial charge in [0.25, 0.3) is 0 Å². The number of benzene rings is 3. The third kappa shape index (κ3) is 5.64. The maximum Gasteiger partial charge on any atom is 0.126 e. The number of pyridine rings is 1. The number of para-hydroxylation sites is 2. The van der Waals surface area contributed by atoms with E-state index < -0.39 is 0 Å². The number of ether oxygens (including phenoxy) is 2. The molecule has 0 spiro atoms. The molecular weight excluding hydrogens is 374 g/mol. The molecule has 0 saturated heterocycles. The Morgan fingerprint density at radius 2 is 1.27 bits per heavy atom. The Balaban J connectivity index is 1.24. The van der Waals surface area contributed by atoms with Crippen LogP contribution in [0.15, 0.2) is 91.0 Å². The van der Waals surface area contributed by atoms with Gasteiger partial charge in [0.15, 0.2) is 0 Å². The van der Waals surface area contributed by atoms with Gasteiger partial charge < -0.3 is 20.1 Å². The molecule has 0 atom stereocenters. The zero-order valence-corrected chi connectivity index (χ0v) is 16.8. The molecule has 0 unspecified atom stereocenters. The van der Waals surface area contributed by atoms with E-state index in [4.69, 9.17) is 9.47 Å². The van der Waals surface area contributed by atoms with Crippen molar-refractivity contribution in [2.75, 3.05) is 36.9 Å². The topological polar surface area (TPSA) is 55.4 Å². The van der Waals surface area contributed by atoms with E-state index >= 15 is 0 Å². The first kappa shape index (κ1) is 19.6. The summed E-state index contributed by atoms with van der Waals surface area (Å²) >= 11 is 0. The molecule has 0 fully saturated rings. The number of hydrogen-bond acceptors (Lipinski definition) is 5. The lowest BCUT2D eigenvalue weighted by atomic mass is 10.2. The smallest absolute Gasteiger partial charge is 0.126 e. The van der Waals surface area contributed by atoms with Crippen LogP contribution in [0.25, 0.3) is 10.9 Å². The van der Waals surface area contributed by atoms with Gasteiger partial charge in [0.1, 0.15) is 30.5 Å². The summed E-state index contributed by atoms with van der Waals surface area (Å²) in [5.74, 6) is 2.60. The highest BCUT2D eigenvalue weighted by molar-refractivity contribution is 5.83. The number of aromatic nitrogens is 1. The lowest BCUT2D eigenvalue weighted by Crippen LogP contribution is -2.12. The molecule has 4 rings (SSSR count). The minimum absolute atomic E-state index is 0.581. The zero-order valence-electron chi connectivity index (χ0n) is 16.8. The van der Waals surface area contributed by atoms with Gasteiger partial charge in [-0.05, 0) is 54.6 Å². The van der Waals surface area contributed by atoms with Crippen LogP contribution < -0.4 is 20.1 Å². The molecule has 2 N–H and O–H groups in total. The van der Waals surface area contributed by atoms with Crippen molar-refractivity contribution in [2.24, 2.45) is 0 Å². The summed E-state index contributed by atoms with van der Waals surface area (Å²) in [6, 6.07) is 29.9. The predicted molar refractivity (Wildman–Crippen MR) is 123 cm³/mol. The van der Waals surface area contributed by atoms with Crippen molar-refractivity contribution < 1.29 is 9.47 Å². The summed E-state index contributed by atoms with van der Waals surface area (Å²) in [4.78, 5) is 4.68. The van der Waals surface area contributed by atoms with E-state index in [1.54, 1.807) is 0 Å². The van der Waals surface area contributed by atoms with Crippen molar-refractivity contribution in [1.82, 2.24) is 4.98 Å². The molecule has 0 aliphatic rings. The normalized spacial score (nSPS) is 10.5. The number of nitrogens with zero attached hydrogens (tertiary/aromatic N) is 1. The predicted octanol–water partition coefficient (Wildman–Crippen LogP) is 5.22. The fourth-order valence-corrected chi connectivity index (χ4v) is 3.08. The van der Waals surface area contributed by atoms with E-state index in [1.807, 2.05) is 78.9 Å². The van der Waals surface area contributed by atoms with E-state index in [-0.39, 0.29) is 0 Å². The molecule has 0 aliphatic heterocycles. The molecule has 5 nitrogen and oxygen atoms in total. The monoisotopic (exact) mass is 399 g/mol. The van der Waals surface area contributed by atoms with Crippen LogP contribution in [-0.2, 0) is 0 Å². The number of fused-ring (bicyclic) bond motifs is 1. The quantitative estimate of drug-likeness (QED) is 0.358. The molecule has 0 amide bonds. The van der Waals surface area contributed by atoms with Gasteiger partial charge in [0.2, 0.25) is 0 Å². The Bertz CT molecular complexity index is 969. The average molecular weight is 399 g/mol. The summed E-state index contributed by atoms with van der Waals surface area (Å²) in [5.41, 5.74) is 2.01. The molecule has 3 aromatic carbocycles. The molecule has 152 valence electrons. The van der Waals surface area contributed by atoms with Gasteiger partial charge >= 0.3 is 0 Å². The Morgan fingerprint density at radius 3 is 1.93 bits per heavy atom. The van der Waals surface area contributed by atoms with E-state index in [1.165, 1.54) is 0 Å². The van der Waals surface area contributed by atoms with Crippen molar-refractivity contribution in [1.29, 1.82) is 0 Å². The average Bonchev–Trinajstić information content (AvgIpc) is 2.81. The van der Waals surface area contributed by atoms with Gasteiger partial charge in [-0.3, -0.25) is 0 Å². The molecular formula is C25H25N3O2. The minimum atomic E-state index is 0.581. The van der Waals surface area contributed by atoms with Crippen molar-refractivity contribution in [3.8, 4) is 11.5 Å². The highest BCUT2D eigenvalue weighted by atomic mass is 16.5. The number of anilines is 2. The molecule has 0 radical (unpaired) electrons. The number of hydrogen-bond donors (Lipinski definition) is 2. The second-order valence-corrected chi connectivity index (χ2v) is 6.78. The first-order valence-electron chi connectivity index (χ1n) is 10.1. The summed E-state index contributed by atoms with van der Waals surface area (Å²) in [7, 11) is 0. The molecule has 0 saturated carbocycles. The number of rotatable bonds is 10. The van der Waals surface area contributed by atoms with Crippen LogP contribution in [0.2, 0.25) is 0 Å². The van der Waals surface area contributed by atoms with Crippen molar-refractivity contribution in [3.05, 3.63) is 91.0 Å². The Kier molecular flexibility index (Phi) is 6.63. The highest BCUT2D eigenvalue weighted by Gasteiger charge is 2.01. The lowest BCUT2D eigenvalue weighted by molar-refractivity contribution is 0.332. The zero-order chi connectivity index (χ0) is 20.4. The van der Waals surface area contributed by atoms with E-state index in [0.717, 1.165) is 40.5 Å². The third-order valence-corrected chi connectivity index (χ3v) is 4.55. The Hall–Kier alpha value is -3.73. The molecule has 30 heavy (non-hydrogen) atoms. The van der Waals surface area contributed by atoms with Crippen LogP contribution >= 0.6 is 0 Å². The van der Waals surface area contributed by atoms with Crippen LogP contribution in [-0.4, -0.2) is 31.3 Å².